The Morgan fingerprint density at radius 2 is 1.78 bits per heavy atom. The van der Waals surface area contributed by atoms with Crippen molar-refractivity contribution in [3.8, 4) is 12.3 Å². The summed E-state index contributed by atoms with van der Waals surface area (Å²) in [6.45, 7) is 2.24. The Balaban J connectivity index is 1.62. The second-order valence-corrected chi connectivity index (χ2v) is 8.99. The van der Waals surface area contributed by atoms with Crippen LogP contribution in [0.4, 0.5) is 0 Å². The van der Waals surface area contributed by atoms with Crippen LogP contribution in [0.5, 0.6) is 0 Å². The summed E-state index contributed by atoms with van der Waals surface area (Å²) >= 11 is 0. The molecule has 0 amide bonds. The van der Waals surface area contributed by atoms with Crippen molar-refractivity contribution in [3.05, 3.63) is 0 Å². The van der Waals surface area contributed by atoms with Crippen LogP contribution in [0.25, 0.3) is 0 Å². The van der Waals surface area contributed by atoms with E-state index in [1.165, 1.54) is 25.7 Å². The molecule has 0 aliphatic heterocycles. The minimum Gasteiger partial charge on any atom is -0.393 e. The third-order valence-corrected chi connectivity index (χ3v) is 8.65. The second-order valence-electron chi connectivity index (χ2n) is 8.99. The molecule has 0 unspecified atom stereocenters. The summed E-state index contributed by atoms with van der Waals surface area (Å²) in [7, 11) is 0. The maximum absolute atomic E-state index is 11.1. The van der Waals surface area contributed by atoms with E-state index in [0.29, 0.717) is 5.92 Å². The van der Waals surface area contributed by atoms with Gasteiger partial charge < -0.3 is 10.2 Å². The van der Waals surface area contributed by atoms with Gasteiger partial charge in [0.05, 0.1) is 6.10 Å². The van der Waals surface area contributed by atoms with Crippen molar-refractivity contribution in [1.82, 2.24) is 0 Å². The smallest absolute Gasteiger partial charge is 0.131 e. The van der Waals surface area contributed by atoms with Crippen molar-refractivity contribution in [1.29, 1.82) is 0 Å². The number of aliphatic hydroxyl groups is 2. The van der Waals surface area contributed by atoms with Crippen LogP contribution < -0.4 is 0 Å². The molecule has 0 aromatic heterocycles. The lowest BCUT2D eigenvalue weighted by molar-refractivity contribution is -0.121. The number of hydrogen-bond acceptors (Lipinski definition) is 2. The number of fused-ring (bicyclic) bond motifs is 5. The molecule has 2 nitrogen and oxygen atoms in total. The average Bonchev–Trinajstić information content (AvgIpc) is 2.88. The fourth-order valence-electron chi connectivity index (χ4n) is 7.61. The normalized spacial score (nSPS) is 55.4. The molecule has 4 aliphatic carbocycles. The summed E-state index contributed by atoms with van der Waals surface area (Å²) in [6, 6.07) is 0. The Hall–Kier alpha value is -0.520. The van der Waals surface area contributed by atoms with Crippen LogP contribution in [0.3, 0.4) is 0 Å². The molecule has 0 heterocycles. The first-order valence-electron chi connectivity index (χ1n) is 9.93. The van der Waals surface area contributed by atoms with Gasteiger partial charge in [-0.05, 0) is 93.8 Å². The summed E-state index contributed by atoms with van der Waals surface area (Å²) in [5, 5.41) is 21.2. The molecular weight excluding hydrogens is 284 g/mol. The Morgan fingerprint density at radius 3 is 2.52 bits per heavy atom. The highest BCUT2D eigenvalue weighted by Gasteiger charge is 2.63. The van der Waals surface area contributed by atoms with Crippen LogP contribution in [0.15, 0.2) is 0 Å². The van der Waals surface area contributed by atoms with Crippen LogP contribution in [0.1, 0.15) is 71.1 Å². The van der Waals surface area contributed by atoms with Gasteiger partial charge in [0, 0.05) is 5.41 Å². The first-order chi connectivity index (χ1) is 11.0. The highest BCUT2D eigenvalue weighted by molar-refractivity contribution is 5.24. The van der Waals surface area contributed by atoms with Gasteiger partial charge >= 0.3 is 0 Å². The standard InChI is InChI=1S/C21H32O2/c1-3-20-11-9-17-16-8-6-15(22)13-14(16)5-7-18(17)19(20)10-12-21(20,23)4-2/h2,14-19,22-23H,3,5-13H2,1H3/t14-,15-,16-,17+,18+,19-,20-,21-/m0/s1. The molecule has 0 radical (unpaired) electrons. The minimum absolute atomic E-state index is 0.0239. The van der Waals surface area contributed by atoms with Gasteiger partial charge in [0.25, 0.3) is 0 Å². The summed E-state index contributed by atoms with van der Waals surface area (Å²) < 4.78 is 0. The zero-order chi connectivity index (χ0) is 16.2. The van der Waals surface area contributed by atoms with E-state index in [1.807, 2.05) is 0 Å². The molecule has 4 rings (SSSR count). The lowest BCUT2D eigenvalue weighted by Gasteiger charge is -2.57. The molecule has 0 saturated heterocycles. The van der Waals surface area contributed by atoms with Crippen molar-refractivity contribution in [2.75, 3.05) is 0 Å². The predicted molar refractivity (Wildman–Crippen MR) is 91.5 cm³/mol. The molecule has 0 spiro atoms. The van der Waals surface area contributed by atoms with E-state index in [-0.39, 0.29) is 11.5 Å². The van der Waals surface area contributed by atoms with E-state index < -0.39 is 5.60 Å². The van der Waals surface area contributed by atoms with Crippen molar-refractivity contribution in [2.24, 2.45) is 35.0 Å². The molecule has 0 aromatic rings. The highest BCUT2D eigenvalue weighted by atomic mass is 16.3. The van der Waals surface area contributed by atoms with Crippen LogP contribution in [-0.4, -0.2) is 21.9 Å². The fourth-order valence-corrected chi connectivity index (χ4v) is 7.61. The number of hydrogen-bond donors (Lipinski definition) is 2. The molecule has 8 atom stereocenters. The summed E-state index contributed by atoms with van der Waals surface area (Å²) in [5.41, 5.74) is -0.888. The summed E-state index contributed by atoms with van der Waals surface area (Å²) in [6.07, 6.45) is 16.9. The van der Waals surface area contributed by atoms with Gasteiger partial charge in [0.2, 0.25) is 0 Å². The number of aliphatic hydroxyl groups excluding tert-OH is 1. The summed E-state index contributed by atoms with van der Waals surface area (Å²) in [4.78, 5) is 0. The van der Waals surface area contributed by atoms with E-state index in [9.17, 15) is 10.2 Å². The van der Waals surface area contributed by atoms with E-state index in [4.69, 9.17) is 6.42 Å². The van der Waals surface area contributed by atoms with Crippen LogP contribution >= 0.6 is 0 Å². The molecule has 4 aliphatic rings. The van der Waals surface area contributed by atoms with Crippen LogP contribution in [-0.2, 0) is 0 Å². The maximum atomic E-state index is 11.1. The third kappa shape index (κ3) is 2.09. The fraction of sp³-hybridized carbons (Fsp3) is 0.905. The van der Waals surface area contributed by atoms with Gasteiger partial charge in [-0.3, -0.25) is 0 Å². The van der Waals surface area contributed by atoms with Gasteiger partial charge in [-0.15, -0.1) is 6.42 Å². The van der Waals surface area contributed by atoms with Crippen molar-refractivity contribution in [2.45, 2.75) is 82.8 Å². The minimum atomic E-state index is -0.864. The van der Waals surface area contributed by atoms with E-state index in [2.05, 4.69) is 12.8 Å². The number of rotatable bonds is 1. The first-order valence-corrected chi connectivity index (χ1v) is 9.93. The quantitative estimate of drug-likeness (QED) is 0.723. The lowest BCUT2D eigenvalue weighted by Crippen LogP contribution is -2.54. The maximum Gasteiger partial charge on any atom is 0.131 e. The zero-order valence-electron chi connectivity index (χ0n) is 14.5. The van der Waals surface area contributed by atoms with Gasteiger partial charge in [0.15, 0.2) is 0 Å². The molecule has 4 saturated carbocycles. The molecular formula is C21H32O2. The van der Waals surface area contributed by atoms with Gasteiger partial charge in [-0.1, -0.05) is 12.8 Å². The summed E-state index contributed by atoms with van der Waals surface area (Å²) in [5.74, 6) is 6.61. The molecule has 2 heteroatoms. The third-order valence-electron chi connectivity index (χ3n) is 8.65. The zero-order valence-corrected chi connectivity index (χ0v) is 14.5. The predicted octanol–water partition coefficient (Wildman–Crippen LogP) is 3.75. The monoisotopic (exact) mass is 316 g/mol. The Kier molecular flexibility index (Phi) is 3.82. The molecule has 0 bridgehead atoms. The molecule has 4 fully saturated rings. The second kappa shape index (κ2) is 5.50. The Morgan fingerprint density at radius 1 is 1.00 bits per heavy atom. The van der Waals surface area contributed by atoms with Gasteiger partial charge in [0.1, 0.15) is 5.60 Å². The largest absolute Gasteiger partial charge is 0.393 e. The molecule has 128 valence electrons. The molecule has 2 N–H and O–H groups in total. The first kappa shape index (κ1) is 16.0. The van der Waals surface area contributed by atoms with Crippen LogP contribution in [0.2, 0.25) is 0 Å². The van der Waals surface area contributed by atoms with Gasteiger partial charge in [-0.25, -0.2) is 0 Å². The number of terminal acetylenes is 1. The topological polar surface area (TPSA) is 40.5 Å². The Labute approximate surface area is 141 Å². The van der Waals surface area contributed by atoms with Gasteiger partial charge in [-0.2, -0.15) is 0 Å². The lowest BCUT2D eigenvalue weighted by atomic mass is 9.48. The van der Waals surface area contributed by atoms with E-state index in [0.717, 1.165) is 62.2 Å². The average molecular weight is 316 g/mol. The SMILES string of the molecule is C#C[C@]1(O)CC[C@H]2[C@@H]3CC[C@H]4C[C@@H](O)CC[C@@H]4[C@H]3CC[C@@]21CC. The Bertz CT molecular complexity index is 508. The molecule has 23 heavy (non-hydrogen) atoms. The van der Waals surface area contributed by atoms with Crippen molar-refractivity contribution in [3.63, 3.8) is 0 Å². The van der Waals surface area contributed by atoms with E-state index in [1.54, 1.807) is 0 Å². The molecule has 0 aromatic carbocycles. The van der Waals surface area contributed by atoms with E-state index >= 15 is 0 Å². The van der Waals surface area contributed by atoms with Crippen molar-refractivity contribution >= 4 is 0 Å². The van der Waals surface area contributed by atoms with Crippen molar-refractivity contribution < 1.29 is 10.2 Å². The highest BCUT2D eigenvalue weighted by Crippen LogP contribution is 2.66. The van der Waals surface area contributed by atoms with Crippen LogP contribution in [0, 0.1) is 47.3 Å².